The van der Waals surface area contributed by atoms with Crippen molar-refractivity contribution in [1.29, 1.82) is 10.7 Å². The summed E-state index contributed by atoms with van der Waals surface area (Å²) in [6, 6.07) is 9.18. The zero-order valence-corrected chi connectivity index (χ0v) is 19.7. The van der Waals surface area contributed by atoms with E-state index in [0.29, 0.717) is 27.2 Å². The molecule has 1 aliphatic heterocycles. The highest BCUT2D eigenvalue weighted by Gasteiger charge is 2.39. The number of nitrogen functional groups attached to an aromatic ring is 1. The summed E-state index contributed by atoms with van der Waals surface area (Å²) in [5.41, 5.74) is 8.25. The molecule has 2 atom stereocenters. The Morgan fingerprint density at radius 3 is 2.66 bits per heavy atom. The van der Waals surface area contributed by atoms with Crippen LogP contribution in [0.15, 0.2) is 28.7 Å². The third-order valence-corrected chi connectivity index (χ3v) is 5.67. The molecule has 2 aromatic rings. The number of halogens is 1. The van der Waals surface area contributed by atoms with Crippen LogP contribution in [0.25, 0.3) is 0 Å². The van der Waals surface area contributed by atoms with Gasteiger partial charge >= 0.3 is 0 Å². The minimum Gasteiger partial charge on any atom is -0.493 e. The third-order valence-electron chi connectivity index (χ3n) is 5.08. The number of nitrogens with one attached hydrogen (secondary N) is 2. The zero-order chi connectivity index (χ0) is 23.6. The lowest BCUT2D eigenvalue weighted by molar-refractivity contribution is -0.116. The van der Waals surface area contributed by atoms with Crippen molar-refractivity contribution in [2.24, 2.45) is 5.92 Å². The Hall–Kier alpha value is -3.29. The second-order valence-electron chi connectivity index (χ2n) is 7.52. The summed E-state index contributed by atoms with van der Waals surface area (Å²) in [6.07, 6.45) is 0. The second kappa shape index (κ2) is 9.46. The predicted octanol–water partition coefficient (Wildman–Crippen LogP) is 3.19. The van der Waals surface area contributed by atoms with Gasteiger partial charge in [-0.05, 0) is 53.8 Å². The first-order valence-corrected chi connectivity index (χ1v) is 10.4. The molecule has 1 heterocycles. The predicted molar refractivity (Wildman–Crippen MR) is 125 cm³/mol. The molecule has 1 amide bonds. The Labute approximate surface area is 194 Å². The van der Waals surface area contributed by atoms with E-state index in [9.17, 15) is 10.1 Å². The monoisotopic (exact) mass is 501 g/mol. The van der Waals surface area contributed by atoms with Crippen molar-refractivity contribution in [3.8, 4) is 23.3 Å². The molecule has 9 nitrogen and oxygen atoms in total. The average Bonchev–Trinajstić information content (AvgIpc) is 2.74. The number of amides is 1. The Kier molecular flexibility index (Phi) is 6.91. The maximum Gasteiger partial charge on any atom is 0.238 e. The summed E-state index contributed by atoms with van der Waals surface area (Å²) < 4.78 is 17.1. The van der Waals surface area contributed by atoms with Crippen LogP contribution < -0.4 is 25.3 Å². The van der Waals surface area contributed by atoms with E-state index in [-0.39, 0.29) is 29.8 Å². The molecule has 168 valence electrons. The molecule has 3 rings (SSSR count). The van der Waals surface area contributed by atoms with Crippen LogP contribution in [0.5, 0.6) is 17.2 Å². The number of likely N-dealkylation sites (N-methyl/N-ethyl adjacent to an activating group) is 1. The van der Waals surface area contributed by atoms with Crippen LogP contribution in [0.2, 0.25) is 0 Å². The van der Waals surface area contributed by atoms with E-state index in [0.717, 1.165) is 5.56 Å². The number of hydrogen-bond donors (Lipinski definition) is 3. The lowest BCUT2D eigenvalue weighted by Crippen LogP contribution is -2.32. The fourth-order valence-corrected chi connectivity index (χ4v) is 4.31. The molecule has 32 heavy (non-hydrogen) atoms. The van der Waals surface area contributed by atoms with E-state index in [1.54, 1.807) is 37.2 Å². The molecular formula is C22H24BrN5O4. The summed E-state index contributed by atoms with van der Waals surface area (Å²) in [5, 5.41) is 20.9. The molecule has 0 saturated heterocycles. The van der Waals surface area contributed by atoms with Crippen LogP contribution >= 0.6 is 15.9 Å². The quantitative estimate of drug-likeness (QED) is 0.517. The van der Waals surface area contributed by atoms with Crippen molar-refractivity contribution >= 4 is 39.1 Å². The average molecular weight is 502 g/mol. The minimum atomic E-state index is -0.874. The number of carbonyl (C=O) groups excluding carboxylic acids is 1. The van der Waals surface area contributed by atoms with Gasteiger partial charge in [0.15, 0.2) is 17.2 Å². The Bertz CT molecular complexity index is 1110. The van der Waals surface area contributed by atoms with E-state index in [4.69, 9.17) is 25.4 Å². The lowest BCUT2D eigenvalue weighted by atomic mass is 9.78. The van der Waals surface area contributed by atoms with E-state index in [2.05, 4.69) is 27.3 Å². The van der Waals surface area contributed by atoms with Crippen LogP contribution in [-0.4, -0.2) is 51.6 Å². The second-order valence-corrected chi connectivity index (χ2v) is 8.37. The standard InChI is InChI=1S/C22H24BrN5O4/c1-28(2)10-17(29)27-15-6-5-12-18(13(9-24)22(26)32-20(12)19(15)25)11-7-14(23)21(31-4)16(8-11)30-3/h5-8,13,18,26H,10,25H2,1-4H3,(H,27,29). The highest BCUT2D eigenvalue weighted by atomic mass is 79.9. The van der Waals surface area contributed by atoms with Crippen molar-refractivity contribution in [2.75, 3.05) is 45.9 Å². The summed E-state index contributed by atoms with van der Waals surface area (Å²) in [7, 11) is 6.63. The number of carbonyl (C=O) groups is 1. The molecular weight excluding hydrogens is 478 g/mol. The number of ether oxygens (including phenoxy) is 3. The molecule has 0 fully saturated rings. The van der Waals surface area contributed by atoms with Gasteiger partial charge in [0.1, 0.15) is 5.92 Å². The molecule has 10 heteroatoms. The third kappa shape index (κ3) is 4.35. The fourth-order valence-electron chi connectivity index (χ4n) is 3.69. The molecule has 0 saturated carbocycles. The number of nitrogens with zero attached hydrogens (tertiary/aromatic N) is 2. The highest BCUT2D eigenvalue weighted by Crippen LogP contribution is 2.49. The number of benzene rings is 2. The summed E-state index contributed by atoms with van der Waals surface area (Å²) in [4.78, 5) is 13.9. The van der Waals surface area contributed by atoms with Crippen molar-refractivity contribution < 1.29 is 19.0 Å². The number of nitriles is 1. The first kappa shape index (κ1) is 23.4. The van der Waals surface area contributed by atoms with Gasteiger partial charge in [0.2, 0.25) is 11.8 Å². The topological polar surface area (TPSA) is 134 Å². The largest absolute Gasteiger partial charge is 0.493 e. The van der Waals surface area contributed by atoms with Crippen molar-refractivity contribution in [3.05, 3.63) is 39.9 Å². The van der Waals surface area contributed by atoms with Crippen LogP contribution in [0.1, 0.15) is 17.0 Å². The van der Waals surface area contributed by atoms with E-state index < -0.39 is 11.8 Å². The summed E-state index contributed by atoms with van der Waals surface area (Å²) in [5.74, 6) is -0.622. The van der Waals surface area contributed by atoms with Gasteiger partial charge in [-0.3, -0.25) is 10.2 Å². The van der Waals surface area contributed by atoms with E-state index >= 15 is 0 Å². The molecule has 0 bridgehead atoms. The smallest absolute Gasteiger partial charge is 0.238 e. The van der Waals surface area contributed by atoms with Crippen LogP contribution in [0.3, 0.4) is 0 Å². The lowest BCUT2D eigenvalue weighted by Gasteiger charge is -2.32. The molecule has 0 aliphatic carbocycles. The molecule has 0 aromatic heterocycles. The van der Waals surface area contributed by atoms with Gasteiger partial charge in [0.05, 0.1) is 42.7 Å². The Morgan fingerprint density at radius 2 is 2.06 bits per heavy atom. The van der Waals surface area contributed by atoms with Gasteiger partial charge in [0, 0.05) is 11.5 Å². The van der Waals surface area contributed by atoms with E-state index in [1.807, 2.05) is 6.07 Å². The van der Waals surface area contributed by atoms with Gasteiger partial charge < -0.3 is 30.2 Å². The first-order valence-electron chi connectivity index (χ1n) is 9.66. The van der Waals surface area contributed by atoms with Crippen molar-refractivity contribution in [1.82, 2.24) is 4.90 Å². The molecule has 0 radical (unpaired) electrons. The number of hydrogen-bond acceptors (Lipinski definition) is 8. The highest BCUT2D eigenvalue weighted by molar-refractivity contribution is 9.10. The van der Waals surface area contributed by atoms with Crippen LogP contribution in [0, 0.1) is 22.7 Å². The number of anilines is 2. The summed E-state index contributed by atoms with van der Waals surface area (Å²) >= 11 is 3.49. The van der Waals surface area contributed by atoms with Gasteiger partial charge in [-0.2, -0.15) is 5.26 Å². The maximum atomic E-state index is 12.2. The van der Waals surface area contributed by atoms with Gasteiger partial charge in [-0.25, -0.2) is 0 Å². The number of methoxy groups -OCH3 is 2. The normalized spacial score (nSPS) is 17.2. The number of fused-ring (bicyclic) bond motifs is 1. The maximum absolute atomic E-state index is 12.2. The SMILES string of the molecule is COc1cc(C2c3ccc(NC(=O)CN(C)C)c(N)c3OC(=N)C2C#N)cc(Br)c1OC. The first-order chi connectivity index (χ1) is 15.2. The molecule has 0 spiro atoms. The fraction of sp³-hybridized carbons (Fsp3) is 0.318. The van der Waals surface area contributed by atoms with Gasteiger partial charge in [0.25, 0.3) is 0 Å². The van der Waals surface area contributed by atoms with Gasteiger partial charge in [-0.15, -0.1) is 0 Å². The van der Waals surface area contributed by atoms with E-state index in [1.165, 1.54) is 14.2 Å². The molecule has 1 aliphatic rings. The zero-order valence-electron chi connectivity index (χ0n) is 18.2. The van der Waals surface area contributed by atoms with Gasteiger partial charge in [-0.1, -0.05) is 6.07 Å². The van der Waals surface area contributed by atoms with Crippen LogP contribution in [0.4, 0.5) is 11.4 Å². The molecule has 4 N–H and O–H groups in total. The van der Waals surface area contributed by atoms with Crippen molar-refractivity contribution in [2.45, 2.75) is 5.92 Å². The minimum absolute atomic E-state index is 0.187. The molecule has 2 unspecified atom stereocenters. The number of rotatable bonds is 6. The Morgan fingerprint density at radius 1 is 1.34 bits per heavy atom. The van der Waals surface area contributed by atoms with Crippen molar-refractivity contribution in [3.63, 3.8) is 0 Å². The molecule has 2 aromatic carbocycles. The summed E-state index contributed by atoms with van der Waals surface area (Å²) in [6.45, 7) is 0.187. The Balaban J connectivity index is 2.13. The number of nitrogens with two attached hydrogens (primary N) is 1. The van der Waals surface area contributed by atoms with Crippen LogP contribution in [-0.2, 0) is 4.79 Å².